The summed E-state index contributed by atoms with van der Waals surface area (Å²) in [5, 5.41) is 2.40. The topological polar surface area (TPSA) is 35.2 Å². The summed E-state index contributed by atoms with van der Waals surface area (Å²) < 4.78 is 5.84. The van der Waals surface area contributed by atoms with Gasteiger partial charge in [-0.15, -0.1) is 0 Å². The molecule has 2 N–H and O–H groups in total. The molecule has 2 rings (SSSR count). The molecule has 0 bridgehead atoms. The monoisotopic (exact) mass is 229 g/mol. The highest BCUT2D eigenvalue weighted by Crippen LogP contribution is 2.25. The first-order chi connectivity index (χ1) is 8.31. The van der Waals surface area contributed by atoms with Crippen LogP contribution in [0, 0.1) is 5.92 Å². The lowest BCUT2D eigenvalue weighted by Crippen LogP contribution is -2.13. The highest BCUT2D eigenvalue weighted by molar-refractivity contribution is 5.88. The highest BCUT2D eigenvalue weighted by atomic mass is 16.5. The second-order valence-corrected chi connectivity index (χ2v) is 4.46. The van der Waals surface area contributed by atoms with E-state index in [0.717, 1.165) is 25.3 Å². The van der Waals surface area contributed by atoms with E-state index in [2.05, 4.69) is 25.1 Å². The molecule has 0 saturated carbocycles. The smallest absolute Gasteiger partial charge is 0.127 e. The second-order valence-electron chi connectivity index (χ2n) is 4.46. The maximum absolute atomic E-state index is 5.84. The second kappa shape index (κ2) is 5.69. The Morgan fingerprint density at radius 2 is 1.88 bits per heavy atom. The minimum absolute atomic E-state index is 0.518. The zero-order chi connectivity index (χ0) is 12.1. The number of fused-ring (bicyclic) bond motifs is 1. The molecule has 0 fully saturated rings. The molecule has 0 amide bonds. The van der Waals surface area contributed by atoms with Crippen LogP contribution in [-0.4, -0.2) is 13.2 Å². The van der Waals surface area contributed by atoms with Gasteiger partial charge in [0.2, 0.25) is 0 Å². The number of rotatable bonds is 5. The van der Waals surface area contributed by atoms with Crippen LogP contribution in [-0.2, 0) is 0 Å². The first kappa shape index (κ1) is 11.9. The third-order valence-corrected chi connectivity index (χ3v) is 3.02. The minimum atomic E-state index is 0.518. The Labute approximate surface area is 102 Å². The van der Waals surface area contributed by atoms with E-state index in [0.29, 0.717) is 5.92 Å². The van der Waals surface area contributed by atoms with E-state index < -0.39 is 0 Å². The van der Waals surface area contributed by atoms with Crippen LogP contribution in [0.5, 0.6) is 5.75 Å². The van der Waals surface area contributed by atoms with Crippen LogP contribution in [0.25, 0.3) is 10.8 Å². The largest absolute Gasteiger partial charge is 0.493 e. The molecule has 0 aliphatic rings. The summed E-state index contributed by atoms with van der Waals surface area (Å²) in [4.78, 5) is 0. The third kappa shape index (κ3) is 2.98. The fourth-order valence-corrected chi connectivity index (χ4v) is 1.81. The molecule has 1 unspecified atom stereocenters. The van der Waals surface area contributed by atoms with Crippen molar-refractivity contribution in [1.82, 2.24) is 0 Å². The SMILES string of the molecule is CC(CN)CCOc1cccc2ccccc12. The molecule has 90 valence electrons. The zero-order valence-electron chi connectivity index (χ0n) is 10.2. The van der Waals surface area contributed by atoms with Gasteiger partial charge in [0, 0.05) is 5.39 Å². The molecule has 0 aromatic heterocycles. The normalized spacial score (nSPS) is 12.6. The number of benzene rings is 2. The molecule has 0 radical (unpaired) electrons. The fourth-order valence-electron chi connectivity index (χ4n) is 1.81. The van der Waals surface area contributed by atoms with Crippen molar-refractivity contribution in [2.24, 2.45) is 11.7 Å². The average Bonchev–Trinajstić information content (AvgIpc) is 2.39. The Kier molecular flexibility index (Phi) is 3.99. The summed E-state index contributed by atoms with van der Waals surface area (Å²) in [6.07, 6.45) is 1.000. The Morgan fingerprint density at radius 1 is 1.12 bits per heavy atom. The molecule has 2 aromatic carbocycles. The van der Waals surface area contributed by atoms with Gasteiger partial charge in [-0.25, -0.2) is 0 Å². The third-order valence-electron chi connectivity index (χ3n) is 3.02. The van der Waals surface area contributed by atoms with E-state index in [1.54, 1.807) is 0 Å². The van der Waals surface area contributed by atoms with Gasteiger partial charge in [-0.2, -0.15) is 0 Å². The molecule has 2 aromatic rings. The first-order valence-electron chi connectivity index (χ1n) is 6.12. The fraction of sp³-hybridized carbons (Fsp3) is 0.333. The highest BCUT2D eigenvalue weighted by Gasteiger charge is 2.03. The maximum atomic E-state index is 5.84. The lowest BCUT2D eigenvalue weighted by molar-refractivity contribution is 0.289. The maximum Gasteiger partial charge on any atom is 0.127 e. The van der Waals surface area contributed by atoms with Crippen molar-refractivity contribution in [2.45, 2.75) is 13.3 Å². The van der Waals surface area contributed by atoms with Gasteiger partial charge in [0.25, 0.3) is 0 Å². The van der Waals surface area contributed by atoms with Gasteiger partial charge in [-0.05, 0) is 30.3 Å². The summed E-state index contributed by atoms with van der Waals surface area (Å²) in [5.41, 5.74) is 5.59. The van der Waals surface area contributed by atoms with Crippen LogP contribution >= 0.6 is 0 Å². The van der Waals surface area contributed by atoms with Crippen molar-refractivity contribution < 1.29 is 4.74 Å². The predicted molar refractivity (Wildman–Crippen MR) is 72.3 cm³/mol. The van der Waals surface area contributed by atoms with Gasteiger partial charge in [-0.3, -0.25) is 0 Å². The number of hydrogen-bond acceptors (Lipinski definition) is 2. The predicted octanol–water partition coefficient (Wildman–Crippen LogP) is 3.20. The van der Waals surface area contributed by atoms with Crippen LogP contribution in [0.4, 0.5) is 0 Å². The van der Waals surface area contributed by atoms with Crippen molar-refractivity contribution in [3.8, 4) is 5.75 Å². The lowest BCUT2D eigenvalue weighted by Gasteiger charge is -2.11. The van der Waals surface area contributed by atoms with Crippen LogP contribution < -0.4 is 10.5 Å². The summed E-state index contributed by atoms with van der Waals surface area (Å²) in [5.74, 6) is 1.48. The lowest BCUT2D eigenvalue weighted by atomic mass is 10.1. The molecule has 2 nitrogen and oxygen atoms in total. The molecule has 0 heterocycles. The Hall–Kier alpha value is -1.54. The molecular weight excluding hydrogens is 210 g/mol. The molecular formula is C15H19NO. The Balaban J connectivity index is 2.08. The summed E-state index contributed by atoms with van der Waals surface area (Å²) >= 11 is 0. The standard InChI is InChI=1S/C15H19NO/c1-12(11-16)9-10-17-15-8-4-6-13-5-2-3-7-14(13)15/h2-8,12H,9-11,16H2,1H3. The number of hydrogen-bond donors (Lipinski definition) is 1. The molecule has 17 heavy (non-hydrogen) atoms. The van der Waals surface area contributed by atoms with E-state index in [1.807, 2.05) is 24.3 Å². The van der Waals surface area contributed by atoms with E-state index in [-0.39, 0.29) is 0 Å². The van der Waals surface area contributed by atoms with Gasteiger partial charge >= 0.3 is 0 Å². The van der Waals surface area contributed by atoms with Crippen molar-refractivity contribution in [3.63, 3.8) is 0 Å². The van der Waals surface area contributed by atoms with E-state index in [9.17, 15) is 0 Å². The number of ether oxygens (including phenoxy) is 1. The van der Waals surface area contributed by atoms with Crippen LogP contribution in [0.2, 0.25) is 0 Å². The van der Waals surface area contributed by atoms with Gasteiger partial charge in [0.15, 0.2) is 0 Å². The van der Waals surface area contributed by atoms with Gasteiger partial charge in [-0.1, -0.05) is 43.3 Å². The molecule has 1 atom stereocenters. The zero-order valence-corrected chi connectivity index (χ0v) is 10.2. The molecule has 0 saturated heterocycles. The van der Waals surface area contributed by atoms with Crippen LogP contribution in [0.15, 0.2) is 42.5 Å². The molecule has 2 heteroatoms. The van der Waals surface area contributed by atoms with Crippen LogP contribution in [0.3, 0.4) is 0 Å². The van der Waals surface area contributed by atoms with E-state index in [1.165, 1.54) is 10.8 Å². The van der Waals surface area contributed by atoms with Gasteiger partial charge in [0.1, 0.15) is 5.75 Å². The quantitative estimate of drug-likeness (QED) is 0.854. The van der Waals surface area contributed by atoms with Gasteiger partial charge < -0.3 is 10.5 Å². The van der Waals surface area contributed by atoms with E-state index in [4.69, 9.17) is 10.5 Å². The Bertz CT molecular complexity index is 476. The number of nitrogens with two attached hydrogens (primary N) is 1. The van der Waals surface area contributed by atoms with Crippen molar-refractivity contribution >= 4 is 10.8 Å². The minimum Gasteiger partial charge on any atom is -0.493 e. The van der Waals surface area contributed by atoms with Gasteiger partial charge in [0.05, 0.1) is 6.61 Å². The molecule has 0 aliphatic carbocycles. The van der Waals surface area contributed by atoms with Crippen molar-refractivity contribution in [2.75, 3.05) is 13.2 Å². The summed E-state index contributed by atoms with van der Waals surface area (Å²) in [7, 11) is 0. The van der Waals surface area contributed by atoms with Crippen LogP contribution in [0.1, 0.15) is 13.3 Å². The molecule has 0 aliphatic heterocycles. The van der Waals surface area contributed by atoms with E-state index >= 15 is 0 Å². The summed E-state index contributed by atoms with van der Waals surface area (Å²) in [6.45, 7) is 3.59. The Morgan fingerprint density at radius 3 is 2.71 bits per heavy atom. The average molecular weight is 229 g/mol. The van der Waals surface area contributed by atoms with Crippen molar-refractivity contribution in [1.29, 1.82) is 0 Å². The summed E-state index contributed by atoms with van der Waals surface area (Å²) in [6, 6.07) is 14.4. The molecule has 0 spiro atoms. The first-order valence-corrected chi connectivity index (χ1v) is 6.12. The van der Waals surface area contributed by atoms with Crippen molar-refractivity contribution in [3.05, 3.63) is 42.5 Å².